The van der Waals surface area contributed by atoms with E-state index in [9.17, 15) is 27.7 Å². The molecule has 1 unspecified atom stereocenters. The minimum Gasteiger partial charge on any atom is -0.395 e. The number of benzene rings is 1. The Morgan fingerprint density at radius 2 is 1.94 bits per heavy atom. The van der Waals surface area contributed by atoms with Gasteiger partial charge in [0, 0.05) is 25.7 Å². The van der Waals surface area contributed by atoms with Gasteiger partial charge in [0.25, 0.3) is 5.91 Å². The zero-order chi connectivity index (χ0) is 22.9. The Balaban J connectivity index is 1.39. The molecule has 12 heteroatoms. The maximum absolute atomic E-state index is 14.0. The van der Waals surface area contributed by atoms with Crippen molar-refractivity contribution < 1.29 is 31.7 Å². The minimum absolute atomic E-state index is 0.104. The Bertz CT molecular complexity index is 1130. The number of carbonyl (C=O) groups is 1. The van der Waals surface area contributed by atoms with Crippen molar-refractivity contribution in [1.82, 2.24) is 9.62 Å². The van der Waals surface area contributed by atoms with Gasteiger partial charge in [0.15, 0.2) is 5.76 Å². The normalized spacial score (nSPS) is 20.9. The molecule has 2 fully saturated rings. The Hall–Kier alpha value is -2.83. The van der Waals surface area contributed by atoms with Crippen molar-refractivity contribution in [2.45, 2.75) is 42.2 Å². The van der Waals surface area contributed by atoms with Crippen LogP contribution in [0.4, 0.5) is 10.3 Å². The molecule has 10 nitrogen and oxygen atoms in total. The van der Waals surface area contributed by atoms with Crippen LogP contribution in [0.2, 0.25) is 0 Å². The van der Waals surface area contributed by atoms with Gasteiger partial charge in [-0.2, -0.15) is 0 Å². The van der Waals surface area contributed by atoms with Gasteiger partial charge in [-0.05, 0) is 43.9 Å². The van der Waals surface area contributed by atoms with Crippen LogP contribution >= 0.6 is 0 Å². The van der Waals surface area contributed by atoms with E-state index in [1.807, 2.05) is 0 Å². The van der Waals surface area contributed by atoms with E-state index in [-0.39, 0.29) is 5.76 Å². The third kappa shape index (κ3) is 4.52. The third-order valence-electron chi connectivity index (χ3n) is 5.89. The molecule has 0 aliphatic carbocycles. The number of hydrogen-bond acceptors (Lipinski definition) is 7. The van der Waals surface area contributed by atoms with Gasteiger partial charge in [0.2, 0.25) is 10.0 Å². The Labute approximate surface area is 183 Å². The highest BCUT2D eigenvalue weighted by atomic mass is 32.2. The second-order valence-electron chi connectivity index (χ2n) is 7.96. The Morgan fingerprint density at radius 1 is 1.22 bits per heavy atom. The number of hydrogen-bond donors (Lipinski definition) is 1. The first-order valence-corrected chi connectivity index (χ1v) is 11.6. The van der Waals surface area contributed by atoms with Gasteiger partial charge in [0.1, 0.15) is 15.6 Å². The summed E-state index contributed by atoms with van der Waals surface area (Å²) in [6.45, 7) is 1.00. The van der Waals surface area contributed by atoms with Crippen LogP contribution in [0.1, 0.15) is 36.2 Å². The number of halogens is 1. The molecule has 2 aliphatic heterocycles. The van der Waals surface area contributed by atoms with Crippen molar-refractivity contribution in [2.75, 3.05) is 19.7 Å². The van der Waals surface area contributed by atoms with Gasteiger partial charge >= 0.3 is 5.88 Å². The molecule has 1 aromatic carbocycles. The number of piperidine rings is 1. The summed E-state index contributed by atoms with van der Waals surface area (Å²) in [4.78, 5) is 23.8. The van der Waals surface area contributed by atoms with Crippen molar-refractivity contribution in [3.8, 4) is 0 Å². The van der Waals surface area contributed by atoms with Crippen LogP contribution in [0.3, 0.4) is 0 Å². The SMILES string of the molecule is O=C(c1ccc([N+](=O)[O-])o1)N1CCC2(CC1)CC(NS(=O)(=O)c1ccccc1F)CCO2. The summed E-state index contributed by atoms with van der Waals surface area (Å²) in [6, 6.07) is 7.18. The van der Waals surface area contributed by atoms with E-state index < -0.39 is 49.1 Å². The van der Waals surface area contributed by atoms with Crippen LogP contribution in [0.15, 0.2) is 45.7 Å². The first-order chi connectivity index (χ1) is 15.2. The predicted octanol–water partition coefficient (Wildman–Crippen LogP) is 2.46. The van der Waals surface area contributed by atoms with Gasteiger partial charge in [-0.3, -0.25) is 14.9 Å². The fraction of sp³-hybridized carbons (Fsp3) is 0.450. The van der Waals surface area contributed by atoms with E-state index in [4.69, 9.17) is 9.15 Å². The number of nitrogens with zero attached hydrogens (tertiary/aromatic N) is 2. The molecule has 0 saturated carbocycles. The molecule has 3 heterocycles. The monoisotopic (exact) mass is 467 g/mol. The van der Waals surface area contributed by atoms with Gasteiger partial charge in [-0.1, -0.05) is 12.1 Å². The largest absolute Gasteiger partial charge is 0.433 e. The zero-order valence-corrected chi connectivity index (χ0v) is 17.8. The number of rotatable bonds is 5. The lowest BCUT2D eigenvalue weighted by atomic mass is 9.82. The van der Waals surface area contributed by atoms with Gasteiger partial charge < -0.3 is 14.1 Å². The summed E-state index contributed by atoms with van der Waals surface area (Å²) in [7, 11) is -4.02. The van der Waals surface area contributed by atoms with Crippen molar-refractivity contribution in [3.05, 3.63) is 58.1 Å². The minimum atomic E-state index is -4.02. The highest BCUT2D eigenvalue weighted by molar-refractivity contribution is 7.89. The lowest BCUT2D eigenvalue weighted by Gasteiger charge is -2.46. The summed E-state index contributed by atoms with van der Waals surface area (Å²) in [5, 5.41) is 10.8. The first kappa shape index (κ1) is 22.4. The van der Waals surface area contributed by atoms with Crippen molar-refractivity contribution in [3.63, 3.8) is 0 Å². The molecule has 2 aromatic rings. The van der Waals surface area contributed by atoms with E-state index in [2.05, 4.69) is 4.72 Å². The highest BCUT2D eigenvalue weighted by Crippen LogP contribution is 2.36. The van der Waals surface area contributed by atoms with Crippen LogP contribution < -0.4 is 4.72 Å². The van der Waals surface area contributed by atoms with Crippen LogP contribution in [-0.4, -0.2) is 55.5 Å². The summed E-state index contributed by atoms with van der Waals surface area (Å²) in [5.41, 5.74) is -0.605. The zero-order valence-electron chi connectivity index (χ0n) is 17.0. The lowest BCUT2D eigenvalue weighted by molar-refractivity contribution is -0.402. The number of likely N-dealkylation sites (tertiary alicyclic amines) is 1. The molecule has 172 valence electrons. The van der Waals surface area contributed by atoms with Crippen LogP contribution in [-0.2, 0) is 14.8 Å². The Morgan fingerprint density at radius 3 is 2.59 bits per heavy atom. The fourth-order valence-electron chi connectivity index (χ4n) is 4.24. The molecule has 0 bridgehead atoms. The van der Waals surface area contributed by atoms with E-state index in [1.54, 1.807) is 0 Å². The number of amides is 1. The maximum Gasteiger partial charge on any atom is 0.433 e. The second-order valence-corrected chi connectivity index (χ2v) is 9.64. The molecule has 4 rings (SSSR count). The molecule has 32 heavy (non-hydrogen) atoms. The summed E-state index contributed by atoms with van der Waals surface area (Å²) in [6.07, 6.45) is 1.79. The predicted molar refractivity (Wildman–Crippen MR) is 109 cm³/mol. The van der Waals surface area contributed by atoms with Crippen LogP contribution in [0.5, 0.6) is 0 Å². The molecule has 1 atom stereocenters. The molecule has 2 saturated heterocycles. The molecule has 1 aromatic heterocycles. The molecule has 1 spiro atoms. The van der Waals surface area contributed by atoms with E-state index in [0.717, 1.165) is 12.1 Å². The first-order valence-electron chi connectivity index (χ1n) is 10.1. The molecule has 0 radical (unpaired) electrons. The van der Waals surface area contributed by atoms with E-state index in [1.165, 1.54) is 29.2 Å². The highest BCUT2D eigenvalue weighted by Gasteiger charge is 2.42. The number of nitrogens with one attached hydrogen (secondary N) is 1. The molecule has 2 aliphatic rings. The van der Waals surface area contributed by atoms with Crippen molar-refractivity contribution >= 4 is 21.8 Å². The average Bonchev–Trinajstić information content (AvgIpc) is 3.24. The van der Waals surface area contributed by atoms with Gasteiger partial charge in [-0.15, -0.1) is 0 Å². The maximum atomic E-state index is 14.0. The number of ether oxygens (including phenoxy) is 1. The molecular formula is C20H22FN3O7S. The van der Waals surface area contributed by atoms with Gasteiger partial charge in [0.05, 0.1) is 11.7 Å². The topological polar surface area (TPSA) is 132 Å². The smallest absolute Gasteiger partial charge is 0.395 e. The number of carbonyl (C=O) groups excluding carboxylic acids is 1. The average molecular weight is 467 g/mol. The number of furan rings is 1. The number of nitro groups is 1. The summed E-state index contributed by atoms with van der Waals surface area (Å²) in [5.74, 6) is -1.86. The van der Waals surface area contributed by atoms with Gasteiger partial charge in [-0.25, -0.2) is 17.5 Å². The quantitative estimate of drug-likeness (QED) is 0.528. The molecular weight excluding hydrogens is 445 g/mol. The van der Waals surface area contributed by atoms with Crippen LogP contribution in [0.25, 0.3) is 0 Å². The molecule has 1 amide bonds. The second kappa shape index (κ2) is 8.60. The standard InChI is InChI=1S/C20H22FN3O7S/c21-15-3-1-2-4-17(15)32(28,29)22-14-7-12-30-20(13-14)8-10-23(11-9-20)19(25)16-5-6-18(31-16)24(26)27/h1-6,14,22H,7-13H2. The van der Waals surface area contributed by atoms with Crippen LogP contribution in [0, 0.1) is 15.9 Å². The lowest BCUT2D eigenvalue weighted by Crippen LogP contribution is -2.54. The van der Waals surface area contributed by atoms with E-state index >= 15 is 0 Å². The molecule has 1 N–H and O–H groups in total. The van der Waals surface area contributed by atoms with E-state index in [0.29, 0.717) is 45.4 Å². The number of sulfonamides is 1. The Kier molecular flexibility index (Phi) is 6.01. The van der Waals surface area contributed by atoms with Crippen molar-refractivity contribution in [1.29, 1.82) is 0 Å². The third-order valence-corrected chi connectivity index (χ3v) is 7.44. The summed E-state index contributed by atoms with van der Waals surface area (Å²) < 4.78 is 52.8. The van der Waals surface area contributed by atoms with Crippen molar-refractivity contribution in [2.24, 2.45) is 0 Å². The summed E-state index contributed by atoms with van der Waals surface area (Å²) >= 11 is 0. The fourth-order valence-corrected chi connectivity index (χ4v) is 5.59.